The second-order valence-corrected chi connectivity index (χ2v) is 7.12. The number of hydrogen-bond donors (Lipinski definition) is 3. The molecule has 0 amide bonds. The molecule has 2 rings (SSSR count). The zero-order valence-corrected chi connectivity index (χ0v) is 12.8. The molecule has 20 heavy (non-hydrogen) atoms. The Morgan fingerprint density at radius 2 is 2.20 bits per heavy atom. The lowest BCUT2D eigenvalue weighted by Crippen LogP contribution is -2.32. The lowest BCUT2D eigenvalue weighted by atomic mass is 10.1. The predicted octanol–water partition coefficient (Wildman–Crippen LogP) is 1.18. The van der Waals surface area contributed by atoms with E-state index in [1.54, 1.807) is 0 Å². The SMILES string of the molecule is O=C(O)c1cc(S(=O)(=O)NCC2CCCC2O)c(Br)o1. The summed E-state index contributed by atoms with van der Waals surface area (Å²) in [5.74, 6) is -1.93. The van der Waals surface area contributed by atoms with Crippen molar-refractivity contribution in [1.82, 2.24) is 4.72 Å². The zero-order valence-electron chi connectivity index (χ0n) is 10.4. The maximum absolute atomic E-state index is 12.1. The molecule has 1 aromatic heterocycles. The third-order valence-electron chi connectivity index (χ3n) is 3.31. The van der Waals surface area contributed by atoms with Crippen molar-refractivity contribution in [3.8, 4) is 0 Å². The van der Waals surface area contributed by atoms with E-state index in [0.29, 0.717) is 6.42 Å². The van der Waals surface area contributed by atoms with Crippen LogP contribution < -0.4 is 4.72 Å². The van der Waals surface area contributed by atoms with Crippen LogP contribution in [0.3, 0.4) is 0 Å². The highest BCUT2D eigenvalue weighted by Crippen LogP contribution is 2.28. The largest absolute Gasteiger partial charge is 0.475 e. The van der Waals surface area contributed by atoms with Gasteiger partial charge in [0.25, 0.3) is 0 Å². The Bertz CT molecular complexity index is 610. The van der Waals surface area contributed by atoms with Crippen LogP contribution in [0.4, 0.5) is 0 Å². The molecule has 7 nitrogen and oxygen atoms in total. The van der Waals surface area contributed by atoms with E-state index in [1.165, 1.54) is 0 Å². The van der Waals surface area contributed by atoms with Gasteiger partial charge in [-0.2, -0.15) is 0 Å². The smallest absolute Gasteiger partial charge is 0.371 e. The number of aromatic carboxylic acids is 1. The lowest BCUT2D eigenvalue weighted by Gasteiger charge is -2.14. The molecule has 0 aliphatic heterocycles. The molecule has 0 spiro atoms. The molecule has 0 saturated heterocycles. The second-order valence-electron chi connectivity index (χ2n) is 4.66. The minimum atomic E-state index is -3.88. The normalized spacial score (nSPS) is 23.1. The van der Waals surface area contributed by atoms with Gasteiger partial charge < -0.3 is 14.6 Å². The number of carbonyl (C=O) groups is 1. The fourth-order valence-electron chi connectivity index (χ4n) is 2.19. The van der Waals surface area contributed by atoms with E-state index < -0.39 is 27.9 Å². The van der Waals surface area contributed by atoms with Crippen LogP contribution in [0.5, 0.6) is 0 Å². The summed E-state index contributed by atoms with van der Waals surface area (Å²) in [4.78, 5) is 10.5. The lowest BCUT2D eigenvalue weighted by molar-refractivity contribution is 0.0661. The average Bonchev–Trinajstić information content (AvgIpc) is 2.93. The van der Waals surface area contributed by atoms with Crippen LogP contribution in [-0.4, -0.2) is 37.2 Å². The summed E-state index contributed by atoms with van der Waals surface area (Å²) in [5.41, 5.74) is 0. The second kappa shape index (κ2) is 5.84. The van der Waals surface area contributed by atoms with Gasteiger partial charge in [0, 0.05) is 12.6 Å². The van der Waals surface area contributed by atoms with Gasteiger partial charge in [-0.3, -0.25) is 0 Å². The number of hydrogen-bond acceptors (Lipinski definition) is 5. The monoisotopic (exact) mass is 367 g/mol. The Morgan fingerprint density at radius 1 is 1.50 bits per heavy atom. The van der Waals surface area contributed by atoms with Crippen LogP contribution in [0.2, 0.25) is 0 Å². The van der Waals surface area contributed by atoms with Crippen molar-refractivity contribution in [3.63, 3.8) is 0 Å². The molecule has 1 aromatic rings. The van der Waals surface area contributed by atoms with Crippen LogP contribution in [0.15, 0.2) is 20.0 Å². The Labute approximate surface area is 124 Å². The number of sulfonamides is 1. The molecule has 9 heteroatoms. The highest BCUT2D eigenvalue weighted by Gasteiger charge is 2.29. The number of nitrogens with one attached hydrogen (secondary N) is 1. The van der Waals surface area contributed by atoms with Gasteiger partial charge in [-0.1, -0.05) is 6.42 Å². The molecule has 1 saturated carbocycles. The number of aliphatic hydroxyl groups is 1. The van der Waals surface area contributed by atoms with Gasteiger partial charge >= 0.3 is 5.97 Å². The van der Waals surface area contributed by atoms with E-state index in [2.05, 4.69) is 20.7 Å². The minimum Gasteiger partial charge on any atom is -0.475 e. The van der Waals surface area contributed by atoms with Crippen molar-refractivity contribution in [2.45, 2.75) is 30.3 Å². The van der Waals surface area contributed by atoms with Crippen molar-refractivity contribution in [2.24, 2.45) is 5.92 Å². The number of carboxylic acids is 1. The first kappa shape index (κ1) is 15.5. The van der Waals surface area contributed by atoms with Gasteiger partial charge in [0.05, 0.1) is 6.10 Å². The first-order valence-electron chi connectivity index (χ1n) is 6.01. The van der Waals surface area contributed by atoms with Crippen molar-refractivity contribution in [1.29, 1.82) is 0 Å². The van der Waals surface area contributed by atoms with Crippen LogP contribution in [0.25, 0.3) is 0 Å². The van der Waals surface area contributed by atoms with E-state index in [4.69, 9.17) is 9.52 Å². The molecule has 3 N–H and O–H groups in total. The number of aliphatic hydroxyl groups excluding tert-OH is 1. The minimum absolute atomic E-state index is 0.115. The molecular weight excluding hydrogens is 354 g/mol. The van der Waals surface area contributed by atoms with Crippen molar-refractivity contribution < 1.29 is 27.8 Å². The van der Waals surface area contributed by atoms with Crippen LogP contribution in [-0.2, 0) is 10.0 Å². The topological polar surface area (TPSA) is 117 Å². The number of carboxylic acid groups (broad SMARTS) is 1. The molecule has 0 aromatic carbocycles. The Hall–Kier alpha value is -0.900. The van der Waals surface area contributed by atoms with E-state index >= 15 is 0 Å². The molecule has 0 bridgehead atoms. The van der Waals surface area contributed by atoms with Gasteiger partial charge in [-0.05, 0) is 34.7 Å². The standard InChI is InChI=1S/C11H14BrNO6S/c12-10-9(4-8(19-10)11(15)16)20(17,18)13-5-6-2-1-3-7(6)14/h4,6-7,13-14H,1-3,5H2,(H,15,16). The van der Waals surface area contributed by atoms with Crippen LogP contribution in [0, 0.1) is 5.92 Å². The molecule has 112 valence electrons. The molecule has 0 radical (unpaired) electrons. The van der Waals surface area contributed by atoms with Gasteiger partial charge in [0.2, 0.25) is 15.8 Å². The zero-order chi connectivity index (χ0) is 14.9. The number of rotatable bonds is 5. The third-order valence-corrected chi connectivity index (χ3v) is 5.59. The summed E-state index contributed by atoms with van der Waals surface area (Å²) < 4.78 is 31.2. The van der Waals surface area contributed by atoms with Gasteiger partial charge in [-0.15, -0.1) is 0 Å². The number of furan rings is 1. The molecule has 2 unspecified atom stereocenters. The molecule has 1 heterocycles. The van der Waals surface area contributed by atoms with E-state index in [-0.39, 0.29) is 22.0 Å². The highest BCUT2D eigenvalue weighted by atomic mass is 79.9. The quantitative estimate of drug-likeness (QED) is 0.719. The maximum atomic E-state index is 12.1. The van der Waals surface area contributed by atoms with Crippen molar-refractivity contribution in [2.75, 3.05) is 6.54 Å². The first-order valence-corrected chi connectivity index (χ1v) is 8.29. The summed E-state index contributed by atoms with van der Waals surface area (Å²) in [6, 6.07) is 0.944. The maximum Gasteiger partial charge on any atom is 0.371 e. The summed E-state index contributed by atoms with van der Waals surface area (Å²) in [6.45, 7) is 0.115. The fraction of sp³-hybridized carbons (Fsp3) is 0.545. The van der Waals surface area contributed by atoms with Crippen LogP contribution in [0.1, 0.15) is 29.8 Å². The van der Waals surface area contributed by atoms with Crippen molar-refractivity contribution >= 4 is 31.9 Å². The summed E-state index contributed by atoms with van der Waals surface area (Å²) in [7, 11) is -3.88. The molecule has 1 fully saturated rings. The van der Waals surface area contributed by atoms with Crippen molar-refractivity contribution in [3.05, 3.63) is 16.5 Å². The van der Waals surface area contributed by atoms with Gasteiger partial charge in [-0.25, -0.2) is 17.9 Å². The van der Waals surface area contributed by atoms with E-state index in [9.17, 15) is 18.3 Å². The van der Waals surface area contributed by atoms with E-state index in [1.807, 2.05) is 0 Å². The Kier molecular flexibility index (Phi) is 4.52. The van der Waals surface area contributed by atoms with Gasteiger partial charge in [0.15, 0.2) is 4.67 Å². The average molecular weight is 368 g/mol. The Balaban J connectivity index is 2.12. The Morgan fingerprint density at radius 3 is 2.70 bits per heavy atom. The molecule has 2 atom stereocenters. The van der Waals surface area contributed by atoms with Gasteiger partial charge in [0.1, 0.15) is 4.90 Å². The molecular formula is C11H14BrNO6S. The highest BCUT2D eigenvalue weighted by molar-refractivity contribution is 9.10. The summed E-state index contributed by atoms with van der Waals surface area (Å²) in [6.07, 6.45) is 1.80. The summed E-state index contributed by atoms with van der Waals surface area (Å²) >= 11 is 2.89. The van der Waals surface area contributed by atoms with E-state index in [0.717, 1.165) is 18.9 Å². The van der Waals surface area contributed by atoms with Crippen LogP contribution >= 0.6 is 15.9 Å². The number of halogens is 1. The molecule has 1 aliphatic carbocycles. The first-order chi connectivity index (χ1) is 9.31. The summed E-state index contributed by atoms with van der Waals surface area (Å²) in [5, 5.41) is 18.4. The third kappa shape index (κ3) is 3.22. The fourth-order valence-corrected chi connectivity index (χ4v) is 4.22. The molecule has 1 aliphatic rings. The predicted molar refractivity (Wildman–Crippen MR) is 71.9 cm³/mol.